The highest BCUT2D eigenvalue weighted by atomic mass is 16.6. The molecule has 0 heterocycles. The van der Waals surface area contributed by atoms with Crippen molar-refractivity contribution < 1.29 is 33.4 Å². The third-order valence-corrected chi connectivity index (χ3v) is 3.56. The summed E-state index contributed by atoms with van der Waals surface area (Å²) in [5.41, 5.74) is 12.5. The predicted molar refractivity (Wildman–Crippen MR) is 103 cm³/mol. The fraction of sp³-hybridized carbons (Fsp3) is 0.444. The summed E-state index contributed by atoms with van der Waals surface area (Å²) in [7, 11) is 0. The Bertz CT molecular complexity index is 689. The van der Waals surface area contributed by atoms with E-state index in [1.165, 1.54) is 5.56 Å². The first-order valence-electron chi connectivity index (χ1n) is 8.85. The van der Waals surface area contributed by atoms with Crippen molar-refractivity contribution in [1.82, 2.24) is 5.32 Å². The number of primary amides is 2. The average molecular weight is 410 g/mol. The lowest BCUT2D eigenvalue weighted by molar-refractivity contribution is 0.0673. The van der Waals surface area contributed by atoms with Gasteiger partial charge in [-0.15, -0.1) is 0 Å². The molecular weight excluding hydrogens is 384 g/mol. The van der Waals surface area contributed by atoms with Gasteiger partial charge in [-0.25, -0.2) is 14.4 Å². The van der Waals surface area contributed by atoms with Crippen molar-refractivity contribution in [3.63, 3.8) is 0 Å². The lowest BCUT2D eigenvalue weighted by Gasteiger charge is -2.17. The number of nitrogens with one attached hydrogen (secondary N) is 1. The number of carbonyl (C=O) groups is 3. The molecule has 160 valence electrons. The minimum absolute atomic E-state index is 0.0258. The summed E-state index contributed by atoms with van der Waals surface area (Å²) < 4.78 is 14.0. The van der Waals surface area contributed by atoms with E-state index >= 15 is 0 Å². The van der Waals surface area contributed by atoms with E-state index in [1.54, 1.807) is 6.92 Å². The van der Waals surface area contributed by atoms with Gasteiger partial charge in [-0.1, -0.05) is 36.3 Å². The molecule has 0 aromatic heterocycles. The summed E-state index contributed by atoms with van der Waals surface area (Å²) in [4.78, 5) is 38.2. The molecule has 0 radical (unpaired) electrons. The average Bonchev–Trinajstić information content (AvgIpc) is 2.69. The summed E-state index contributed by atoms with van der Waals surface area (Å²) >= 11 is 0. The summed E-state index contributed by atoms with van der Waals surface area (Å²) in [5, 5.41) is 6.31. The summed E-state index contributed by atoms with van der Waals surface area (Å²) in [6.45, 7) is 3.17. The molecule has 29 heavy (non-hydrogen) atoms. The number of rotatable bonds is 11. The maximum Gasteiger partial charge on any atom is 0.407 e. The Kier molecular flexibility index (Phi) is 10.4. The van der Waals surface area contributed by atoms with Crippen LogP contribution in [0.2, 0.25) is 0 Å². The molecule has 0 saturated heterocycles. The first-order chi connectivity index (χ1) is 13.8. The SMILES string of the molecule is CCc1ccc(/C(C)=N/OCCOC(=O)NC(COC(N)=O)COC(N)=O)cc1. The zero-order valence-electron chi connectivity index (χ0n) is 16.4. The van der Waals surface area contributed by atoms with E-state index in [-0.39, 0.29) is 26.4 Å². The van der Waals surface area contributed by atoms with Gasteiger partial charge < -0.3 is 35.8 Å². The van der Waals surface area contributed by atoms with E-state index in [2.05, 4.69) is 26.9 Å². The van der Waals surface area contributed by atoms with E-state index in [0.717, 1.165) is 12.0 Å². The van der Waals surface area contributed by atoms with Crippen molar-refractivity contribution in [3.8, 4) is 0 Å². The number of hydrogen-bond acceptors (Lipinski definition) is 8. The van der Waals surface area contributed by atoms with Crippen LogP contribution < -0.4 is 16.8 Å². The molecule has 0 spiro atoms. The van der Waals surface area contributed by atoms with Gasteiger partial charge >= 0.3 is 18.3 Å². The van der Waals surface area contributed by atoms with E-state index in [0.29, 0.717) is 5.71 Å². The molecule has 11 heteroatoms. The number of nitrogens with two attached hydrogens (primary N) is 2. The summed E-state index contributed by atoms with van der Waals surface area (Å²) in [6.07, 6.45) is -1.97. The van der Waals surface area contributed by atoms with E-state index in [9.17, 15) is 14.4 Å². The number of carbonyl (C=O) groups excluding carboxylic acids is 3. The van der Waals surface area contributed by atoms with Gasteiger partial charge in [0.25, 0.3) is 0 Å². The van der Waals surface area contributed by atoms with Gasteiger partial charge in [-0.3, -0.25) is 0 Å². The molecule has 0 saturated carbocycles. The van der Waals surface area contributed by atoms with Crippen molar-refractivity contribution in [1.29, 1.82) is 0 Å². The van der Waals surface area contributed by atoms with Crippen LogP contribution in [0.3, 0.4) is 0 Å². The van der Waals surface area contributed by atoms with Gasteiger partial charge in [0.2, 0.25) is 0 Å². The molecule has 0 unspecified atom stereocenters. The van der Waals surface area contributed by atoms with Gasteiger partial charge in [0, 0.05) is 0 Å². The molecule has 3 amide bonds. The van der Waals surface area contributed by atoms with Gasteiger partial charge in [0.05, 0.1) is 5.71 Å². The van der Waals surface area contributed by atoms with Crippen LogP contribution in [0.5, 0.6) is 0 Å². The maximum atomic E-state index is 11.8. The van der Waals surface area contributed by atoms with Gasteiger partial charge in [-0.2, -0.15) is 0 Å². The van der Waals surface area contributed by atoms with Gasteiger partial charge in [0.1, 0.15) is 25.9 Å². The molecule has 0 aliphatic carbocycles. The van der Waals surface area contributed by atoms with Crippen LogP contribution in [0, 0.1) is 0 Å². The lowest BCUT2D eigenvalue weighted by Crippen LogP contribution is -2.43. The molecule has 1 aromatic carbocycles. The van der Waals surface area contributed by atoms with Crippen LogP contribution in [0.25, 0.3) is 0 Å². The Balaban J connectivity index is 2.35. The van der Waals surface area contributed by atoms with Crippen molar-refractivity contribution in [2.45, 2.75) is 26.3 Å². The van der Waals surface area contributed by atoms with E-state index in [4.69, 9.17) is 21.0 Å². The van der Waals surface area contributed by atoms with Crippen molar-refractivity contribution >= 4 is 24.0 Å². The van der Waals surface area contributed by atoms with Crippen molar-refractivity contribution in [2.75, 3.05) is 26.4 Å². The monoisotopic (exact) mass is 410 g/mol. The molecule has 0 aliphatic rings. The maximum absolute atomic E-state index is 11.8. The Morgan fingerprint density at radius 1 is 1.00 bits per heavy atom. The topological polar surface area (TPSA) is 165 Å². The first-order valence-corrected chi connectivity index (χ1v) is 8.85. The molecule has 0 bridgehead atoms. The first kappa shape index (κ1) is 23.5. The zero-order valence-corrected chi connectivity index (χ0v) is 16.4. The van der Waals surface area contributed by atoms with E-state index in [1.807, 2.05) is 24.3 Å². The van der Waals surface area contributed by atoms with Crippen LogP contribution >= 0.6 is 0 Å². The fourth-order valence-corrected chi connectivity index (χ4v) is 2.05. The van der Waals surface area contributed by atoms with Gasteiger partial charge in [-0.05, 0) is 24.5 Å². The molecule has 0 atom stereocenters. The predicted octanol–water partition coefficient (Wildman–Crippen LogP) is 1.28. The smallest absolute Gasteiger partial charge is 0.407 e. The second-order valence-electron chi connectivity index (χ2n) is 5.80. The largest absolute Gasteiger partial charge is 0.447 e. The molecular formula is C18H26N4O7. The number of hydrogen-bond donors (Lipinski definition) is 3. The van der Waals surface area contributed by atoms with Crippen molar-refractivity contribution in [3.05, 3.63) is 35.4 Å². The highest BCUT2D eigenvalue weighted by Crippen LogP contribution is 2.06. The minimum atomic E-state index is -1.05. The van der Waals surface area contributed by atoms with Crippen LogP contribution in [0.1, 0.15) is 25.0 Å². The number of benzene rings is 1. The Morgan fingerprint density at radius 2 is 1.59 bits per heavy atom. The van der Waals surface area contributed by atoms with Crippen LogP contribution in [-0.4, -0.2) is 56.5 Å². The lowest BCUT2D eigenvalue weighted by atomic mass is 10.1. The molecule has 5 N–H and O–H groups in total. The summed E-state index contributed by atoms with van der Waals surface area (Å²) in [5.74, 6) is 0. The number of aryl methyl sites for hydroxylation is 1. The highest BCUT2D eigenvalue weighted by molar-refractivity contribution is 5.98. The van der Waals surface area contributed by atoms with E-state index < -0.39 is 24.3 Å². The van der Waals surface area contributed by atoms with Crippen LogP contribution in [-0.2, 0) is 25.5 Å². The number of oxime groups is 1. The quantitative estimate of drug-likeness (QED) is 0.214. The summed E-state index contributed by atoms with van der Waals surface area (Å²) in [6, 6.07) is 7.06. The molecule has 1 rings (SSSR count). The normalized spacial score (nSPS) is 10.9. The Hall–Kier alpha value is -3.50. The molecule has 0 aliphatic heterocycles. The van der Waals surface area contributed by atoms with Crippen molar-refractivity contribution in [2.24, 2.45) is 16.6 Å². The Labute approximate surface area is 168 Å². The van der Waals surface area contributed by atoms with Crippen LogP contribution in [0.4, 0.5) is 14.4 Å². The van der Waals surface area contributed by atoms with Gasteiger partial charge in [0.15, 0.2) is 6.61 Å². The minimum Gasteiger partial charge on any atom is -0.447 e. The van der Waals surface area contributed by atoms with Crippen LogP contribution in [0.15, 0.2) is 29.4 Å². The second-order valence-corrected chi connectivity index (χ2v) is 5.80. The third kappa shape index (κ3) is 10.4. The highest BCUT2D eigenvalue weighted by Gasteiger charge is 2.17. The number of alkyl carbamates (subject to hydrolysis) is 1. The second kappa shape index (κ2) is 12.8. The Morgan fingerprint density at radius 3 is 2.10 bits per heavy atom. The molecule has 11 nitrogen and oxygen atoms in total. The standard InChI is InChI=1S/C18H26N4O7/c1-3-13-4-6-14(7-5-13)12(2)22-29-9-8-26-18(25)21-15(10-27-16(19)23)11-28-17(20)24/h4-7,15H,3,8-11H2,1-2H3,(H2,19,23)(H2,20,24)(H,21,25)/b22-12+. The number of ether oxygens (including phenoxy) is 3. The zero-order chi connectivity index (χ0) is 21.6. The fourth-order valence-electron chi connectivity index (χ4n) is 2.05. The molecule has 1 aromatic rings. The third-order valence-electron chi connectivity index (χ3n) is 3.56. The number of amides is 3. The number of nitrogens with zero attached hydrogens (tertiary/aromatic N) is 1. The molecule has 0 fully saturated rings.